The molecule has 0 aromatic carbocycles. The molecule has 0 saturated carbocycles. The molecule has 1 aliphatic heterocycles. The quantitative estimate of drug-likeness (QED) is 0.581. The minimum Gasteiger partial charge on any atom is -0.369 e. The predicted octanol–water partition coefficient (Wildman–Crippen LogP) is -1.37. The Kier molecular flexibility index (Phi) is 2.63. The van der Waals surface area contributed by atoms with Gasteiger partial charge in [-0.05, 0) is 12.8 Å². The Labute approximate surface area is 77.4 Å². The molecule has 5 nitrogen and oxygen atoms in total. The minimum absolute atomic E-state index is 0.0210. The third kappa shape index (κ3) is 2.00. The molecule has 1 amide bonds. The molecule has 1 fully saturated rings. The summed E-state index contributed by atoms with van der Waals surface area (Å²) in [5.41, 5.74) is 9.83. The van der Waals surface area contributed by atoms with Gasteiger partial charge in [0.1, 0.15) is 9.84 Å². The van der Waals surface area contributed by atoms with Crippen molar-refractivity contribution in [1.82, 2.24) is 0 Å². The van der Waals surface area contributed by atoms with Gasteiger partial charge in [-0.2, -0.15) is 0 Å². The second kappa shape index (κ2) is 3.26. The van der Waals surface area contributed by atoms with Crippen LogP contribution in [0.15, 0.2) is 0 Å². The van der Waals surface area contributed by atoms with Crippen LogP contribution < -0.4 is 11.5 Å². The van der Waals surface area contributed by atoms with E-state index in [9.17, 15) is 13.2 Å². The minimum atomic E-state index is -2.96. The highest BCUT2D eigenvalue weighted by Crippen LogP contribution is 2.30. The Morgan fingerprint density at radius 2 is 1.77 bits per heavy atom. The summed E-state index contributed by atoms with van der Waals surface area (Å²) in [6, 6.07) is 0. The first-order valence-electron chi connectivity index (χ1n) is 4.12. The lowest BCUT2D eigenvalue weighted by Crippen LogP contribution is -2.48. The maximum atomic E-state index is 11.1. The summed E-state index contributed by atoms with van der Waals surface area (Å²) in [4.78, 5) is 11.1. The number of hydrogen-bond acceptors (Lipinski definition) is 4. The number of primary amides is 1. The molecule has 0 aliphatic carbocycles. The molecule has 13 heavy (non-hydrogen) atoms. The lowest BCUT2D eigenvalue weighted by Gasteiger charge is -2.32. The molecular formula is C7H14N2O3S. The monoisotopic (exact) mass is 206 g/mol. The van der Waals surface area contributed by atoms with Gasteiger partial charge in [-0.25, -0.2) is 8.42 Å². The van der Waals surface area contributed by atoms with Crippen LogP contribution in [0.5, 0.6) is 0 Å². The van der Waals surface area contributed by atoms with E-state index in [1.165, 1.54) is 0 Å². The van der Waals surface area contributed by atoms with Crippen LogP contribution in [0.2, 0.25) is 0 Å². The van der Waals surface area contributed by atoms with Crippen molar-refractivity contribution in [2.24, 2.45) is 16.9 Å². The average molecular weight is 206 g/mol. The fourth-order valence-corrected chi connectivity index (χ4v) is 3.09. The van der Waals surface area contributed by atoms with E-state index in [0.29, 0.717) is 0 Å². The lowest BCUT2D eigenvalue weighted by molar-refractivity contribution is -0.127. The normalized spacial score (nSPS) is 25.3. The molecule has 1 heterocycles. The van der Waals surface area contributed by atoms with Crippen molar-refractivity contribution in [2.75, 3.05) is 18.1 Å². The zero-order chi connectivity index (χ0) is 10.1. The van der Waals surface area contributed by atoms with Crippen molar-refractivity contribution < 1.29 is 13.2 Å². The Morgan fingerprint density at radius 1 is 1.31 bits per heavy atom. The van der Waals surface area contributed by atoms with Crippen LogP contribution in [0.25, 0.3) is 0 Å². The van der Waals surface area contributed by atoms with E-state index < -0.39 is 21.2 Å². The van der Waals surface area contributed by atoms with E-state index in [-0.39, 0.29) is 30.9 Å². The fourth-order valence-electron chi connectivity index (χ4n) is 1.48. The van der Waals surface area contributed by atoms with Gasteiger partial charge in [0, 0.05) is 6.54 Å². The van der Waals surface area contributed by atoms with Crippen molar-refractivity contribution in [3.63, 3.8) is 0 Å². The van der Waals surface area contributed by atoms with Crippen molar-refractivity contribution in [1.29, 1.82) is 0 Å². The van der Waals surface area contributed by atoms with Crippen molar-refractivity contribution >= 4 is 15.7 Å². The Balaban J connectivity index is 2.81. The third-order valence-corrected chi connectivity index (χ3v) is 4.35. The number of carbonyl (C=O) groups excluding carboxylic acids is 1. The highest BCUT2D eigenvalue weighted by Gasteiger charge is 2.40. The highest BCUT2D eigenvalue weighted by molar-refractivity contribution is 7.91. The Morgan fingerprint density at radius 3 is 2.08 bits per heavy atom. The molecule has 0 spiro atoms. The number of amides is 1. The van der Waals surface area contributed by atoms with Crippen molar-refractivity contribution in [2.45, 2.75) is 12.8 Å². The van der Waals surface area contributed by atoms with E-state index in [1.54, 1.807) is 0 Å². The molecule has 0 unspecified atom stereocenters. The van der Waals surface area contributed by atoms with E-state index >= 15 is 0 Å². The maximum absolute atomic E-state index is 11.1. The van der Waals surface area contributed by atoms with Crippen LogP contribution >= 0.6 is 0 Å². The Hall–Kier alpha value is -0.620. The molecule has 6 heteroatoms. The zero-order valence-corrected chi connectivity index (χ0v) is 8.14. The molecule has 76 valence electrons. The summed E-state index contributed by atoms with van der Waals surface area (Å²) < 4.78 is 22.2. The topological polar surface area (TPSA) is 103 Å². The van der Waals surface area contributed by atoms with Crippen molar-refractivity contribution in [3.8, 4) is 0 Å². The summed E-state index contributed by atoms with van der Waals surface area (Å²) in [5.74, 6) is -0.440. The number of rotatable bonds is 2. The molecule has 0 aromatic heterocycles. The highest BCUT2D eigenvalue weighted by atomic mass is 32.2. The zero-order valence-electron chi connectivity index (χ0n) is 7.32. The largest absolute Gasteiger partial charge is 0.369 e. The first kappa shape index (κ1) is 10.5. The van der Waals surface area contributed by atoms with Gasteiger partial charge in [0.05, 0.1) is 16.9 Å². The summed E-state index contributed by atoms with van der Waals surface area (Å²) in [5, 5.41) is 0. The molecule has 0 atom stereocenters. The predicted molar refractivity (Wildman–Crippen MR) is 48.6 cm³/mol. The van der Waals surface area contributed by atoms with Crippen molar-refractivity contribution in [3.05, 3.63) is 0 Å². The summed E-state index contributed by atoms with van der Waals surface area (Å²) in [6.07, 6.45) is 0.530. The molecule has 1 saturated heterocycles. The number of sulfone groups is 1. The van der Waals surface area contributed by atoms with E-state index in [0.717, 1.165) is 0 Å². The molecule has 0 radical (unpaired) electrons. The van der Waals surface area contributed by atoms with Gasteiger partial charge in [0.15, 0.2) is 0 Å². The first-order valence-corrected chi connectivity index (χ1v) is 5.94. The molecular weight excluding hydrogens is 192 g/mol. The number of nitrogens with two attached hydrogens (primary N) is 2. The maximum Gasteiger partial charge on any atom is 0.224 e. The van der Waals surface area contributed by atoms with Gasteiger partial charge in [-0.1, -0.05) is 0 Å². The number of carbonyl (C=O) groups is 1. The summed E-state index contributed by atoms with van der Waals surface area (Å²) in [7, 11) is -2.96. The van der Waals surface area contributed by atoms with Gasteiger partial charge in [-0.3, -0.25) is 4.79 Å². The van der Waals surface area contributed by atoms with Gasteiger partial charge >= 0.3 is 0 Å². The lowest BCUT2D eigenvalue weighted by atomic mass is 9.81. The van der Waals surface area contributed by atoms with Crippen LogP contribution in [-0.2, 0) is 14.6 Å². The summed E-state index contributed by atoms with van der Waals surface area (Å²) in [6.45, 7) is 0.137. The smallest absolute Gasteiger partial charge is 0.224 e. The molecule has 1 aliphatic rings. The van der Waals surface area contributed by atoms with Gasteiger partial charge in [0.2, 0.25) is 5.91 Å². The van der Waals surface area contributed by atoms with Crippen LogP contribution in [0.4, 0.5) is 0 Å². The van der Waals surface area contributed by atoms with Gasteiger partial charge < -0.3 is 11.5 Å². The average Bonchev–Trinajstić information content (AvgIpc) is 2.05. The van der Waals surface area contributed by atoms with E-state index in [2.05, 4.69) is 0 Å². The van der Waals surface area contributed by atoms with Gasteiger partial charge in [-0.15, -0.1) is 0 Å². The van der Waals surface area contributed by atoms with Gasteiger partial charge in [0.25, 0.3) is 0 Å². The molecule has 1 rings (SSSR count). The summed E-state index contributed by atoms with van der Waals surface area (Å²) >= 11 is 0. The van der Waals surface area contributed by atoms with E-state index in [1.807, 2.05) is 0 Å². The van der Waals surface area contributed by atoms with E-state index in [4.69, 9.17) is 11.5 Å². The molecule has 0 bridgehead atoms. The standard InChI is InChI=1S/C7H14N2O3S/c8-5-7(6(9)10)1-3-13(11,12)4-2-7/h1-5,8H2,(H2,9,10). The number of hydrogen-bond donors (Lipinski definition) is 2. The fraction of sp³-hybridized carbons (Fsp3) is 0.857. The van der Waals surface area contributed by atoms with Crippen LogP contribution in [0, 0.1) is 5.41 Å². The Bertz CT molecular complexity index is 296. The SMILES string of the molecule is NCC1(C(N)=O)CCS(=O)(=O)CC1. The molecule has 0 aromatic rings. The van der Waals surface area contributed by atoms with Crippen LogP contribution in [0.3, 0.4) is 0 Å². The second-order valence-corrected chi connectivity index (χ2v) is 5.80. The van der Waals surface area contributed by atoms with Crippen LogP contribution in [-0.4, -0.2) is 32.4 Å². The first-order chi connectivity index (χ1) is 5.92. The molecule has 4 N–H and O–H groups in total. The van der Waals surface area contributed by atoms with Crippen LogP contribution in [0.1, 0.15) is 12.8 Å². The second-order valence-electron chi connectivity index (χ2n) is 3.50. The third-order valence-electron chi connectivity index (χ3n) is 2.70.